The molecule has 0 saturated carbocycles. The van der Waals surface area contributed by atoms with E-state index in [0.717, 1.165) is 21.2 Å². The van der Waals surface area contributed by atoms with Crippen molar-refractivity contribution in [2.75, 3.05) is 19.0 Å². The molecule has 1 unspecified atom stereocenters. The summed E-state index contributed by atoms with van der Waals surface area (Å²) in [5, 5.41) is 3.27. The fraction of sp³-hybridized carbons (Fsp3) is 0.444. The number of hydrogen-bond donors (Lipinski definition) is 1. The van der Waals surface area contributed by atoms with E-state index in [2.05, 4.69) is 42.2 Å². The van der Waals surface area contributed by atoms with E-state index in [-0.39, 0.29) is 6.10 Å². The molecule has 1 rings (SSSR count). The number of nitrogens with one attached hydrogen (secondary N) is 1. The number of methoxy groups -OCH3 is 1. The van der Waals surface area contributed by atoms with Crippen molar-refractivity contribution in [3.63, 3.8) is 0 Å². The van der Waals surface area contributed by atoms with E-state index in [1.165, 1.54) is 0 Å². The fourth-order valence-electron chi connectivity index (χ4n) is 0.909. The second kappa shape index (κ2) is 5.68. The van der Waals surface area contributed by atoms with Gasteiger partial charge in [-0.15, -0.1) is 0 Å². The van der Waals surface area contributed by atoms with Crippen molar-refractivity contribution in [2.45, 2.75) is 13.0 Å². The molecule has 1 heterocycles. The number of anilines is 1. The van der Waals surface area contributed by atoms with E-state index >= 15 is 0 Å². The summed E-state index contributed by atoms with van der Waals surface area (Å²) in [5.41, 5.74) is 1.00. The maximum absolute atomic E-state index is 5.14. The van der Waals surface area contributed by atoms with Gasteiger partial charge in [-0.05, 0) is 38.8 Å². The van der Waals surface area contributed by atoms with Gasteiger partial charge in [-0.3, -0.25) is 4.98 Å². The van der Waals surface area contributed by atoms with Crippen molar-refractivity contribution in [1.82, 2.24) is 4.98 Å². The van der Waals surface area contributed by atoms with E-state index in [4.69, 9.17) is 4.74 Å². The quantitative estimate of drug-likeness (QED) is 0.924. The molecule has 14 heavy (non-hydrogen) atoms. The molecule has 1 aromatic rings. The Bertz CT molecular complexity index is 287. The number of ether oxygens (including phenoxy) is 1. The van der Waals surface area contributed by atoms with Gasteiger partial charge < -0.3 is 10.1 Å². The molecule has 0 aliphatic rings. The Kier molecular flexibility index (Phi) is 4.84. The highest BCUT2D eigenvalue weighted by molar-refractivity contribution is 9.11. The Hall–Kier alpha value is -0.130. The molecule has 0 radical (unpaired) electrons. The summed E-state index contributed by atoms with van der Waals surface area (Å²) in [7, 11) is 1.70. The zero-order valence-electron chi connectivity index (χ0n) is 8.05. The largest absolute Gasteiger partial charge is 0.381 e. The van der Waals surface area contributed by atoms with Crippen LogP contribution in [0.2, 0.25) is 0 Å². The number of rotatable bonds is 4. The Balaban J connectivity index is 2.66. The van der Waals surface area contributed by atoms with Gasteiger partial charge >= 0.3 is 0 Å². The van der Waals surface area contributed by atoms with Gasteiger partial charge in [0.2, 0.25) is 0 Å². The first-order valence-electron chi connectivity index (χ1n) is 4.20. The second-order valence-corrected chi connectivity index (χ2v) is 4.61. The van der Waals surface area contributed by atoms with Gasteiger partial charge in [-0.25, -0.2) is 0 Å². The smallest absolute Gasteiger partial charge is 0.0715 e. The van der Waals surface area contributed by atoms with Crippen molar-refractivity contribution in [2.24, 2.45) is 0 Å². The lowest BCUT2D eigenvalue weighted by atomic mass is 10.3. The standard InChI is InChI=1S/C9H12Br2N2O/c1-6(14-2)3-13-9-7(10)4-12-5-8(9)11/h4-6H,3H2,1-2H3,(H,12,13). The minimum absolute atomic E-state index is 0.182. The van der Waals surface area contributed by atoms with Gasteiger partial charge in [0, 0.05) is 26.0 Å². The van der Waals surface area contributed by atoms with Crippen LogP contribution in [0.15, 0.2) is 21.3 Å². The third-order valence-corrected chi connectivity index (χ3v) is 3.02. The van der Waals surface area contributed by atoms with Gasteiger partial charge in [0.15, 0.2) is 0 Å². The zero-order valence-corrected chi connectivity index (χ0v) is 11.2. The SMILES string of the molecule is COC(C)CNc1c(Br)cncc1Br. The predicted molar refractivity (Wildman–Crippen MR) is 64.6 cm³/mol. The molecule has 0 aromatic carbocycles. The van der Waals surface area contributed by atoms with E-state index in [1.807, 2.05) is 6.92 Å². The lowest BCUT2D eigenvalue weighted by Gasteiger charge is -2.13. The molecule has 0 spiro atoms. The Morgan fingerprint density at radius 3 is 2.50 bits per heavy atom. The van der Waals surface area contributed by atoms with Crippen molar-refractivity contribution >= 4 is 37.5 Å². The second-order valence-electron chi connectivity index (χ2n) is 2.91. The molecule has 1 N–H and O–H groups in total. The van der Waals surface area contributed by atoms with Crippen molar-refractivity contribution in [1.29, 1.82) is 0 Å². The summed E-state index contributed by atoms with van der Waals surface area (Å²) in [6, 6.07) is 0. The molecular formula is C9H12Br2N2O. The maximum atomic E-state index is 5.14. The monoisotopic (exact) mass is 322 g/mol. The number of pyridine rings is 1. The van der Waals surface area contributed by atoms with Crippen LogP contribution < -0.4 is 5.32 Å². The van der Waals surface area contributed by atoms with Crippen LogP contribution in [-0.4, -0.2) is 24.7 Å². The van der Waals surface area contributed by atoms with Crippen LogP contribution in [0, 0.1) is 0 Å². The molecule has 78 valence electrons. The Morgan fingerprint density at radius 2 is 2.00 bits per heavy atom. The normalized spacial score (nSPS) is 12.6. The number of hydrogen-bond acceptors (Lipinski definition) is 3. The van der Waals surface area contributed by atoms with Crippen LogP contribution in [0.3, 0.4) is 0 Å². The molecule has 0 bridgehead atoms. The Morgan fingerprint density at radius 1 is 1.43 bits per heavy atom. The molecule has 3 nitrogen and oxygen atoms in total. The van der Waals surface area contributed by atoms with Crippen LogP contribution >= 0.6 is 31.9 Å². The average Bonchev–Trinajstić information content (AvgIpc) is 2.16. The van der Waals surface area contributed by atoms with Crippen LogP contribution in [0.4, 0.5) is 5.69 Å². The van der Waals surface area contributed by atoms with Gasteiger partial charge in [-0.1, -0.05) is 0 Å². The van der Waals surface area contributed by atoms with Crippen LogP contribution in [0.1, 0.15) is 6.92 Å². The van der Waals surface area contributed by atoms with Gasteiger partial charge in [0.25, 0.3) is 0 Å². The molecule has 1 aromatic heterocycles. The third-order valence-electron chi connectivity index (χ3n) is 1.82. The zero-order chi connectivity index (χ0) is 10.6. The molecule has 0 aliphatic heterocycles. The number of aromatic nitrogens is 1. The van der Waals surface area contributed by atoms with Crippen LogP contribution in [0.25, 0.3) is 0 Å². The summed E-state index contributed by atoms with van der Waals surface area (Å²) in [4.78, 5) is 4.03. The van der Waals surface area contributed by atoms with Crippen molar-refractivity contribution in [3.8, 4) is 0 Å². The molecule has 0 saturated heterocycles. The van der Waals surface area contributed by atoms with Crippen molar-refractivity contribution < 1.29 is 4.74 Å². The highest BCUT2D eigenvalue weighted by atomic mass is 79.9. The van der Waals surface area contributed by atoms with Gasteiger partial charge in [-0.2, -0.15) is 0 Å². The van der Waals surface area contributed by atoms with Crippen LogP contribution in [-0.2, 0) is 4.74 Å². The van der Waals surface area contributed by atoms with Gasteiger partial charge in [0.1, 0.15) is 0 Å². The summed E-state index contributed by atoms with van der Waals surface area (Å²) in [5.74, 6) is 0. The first-order chi connectivity index (χ1) is 6.65. The highest BCUT2D eigenvalue weighted by Crippen LogP contribution is 2.29. The molecular weight excluding hydrogens is 312 g/mol. The number of nitrogens with zero attached hydrogens (tertiary/aromatic N) is 1. The average molecular weight is 324 g/mol. The topological polar surface area (TPSA) is 34.1 Å². The molecule has 0 fully saturated rings. The summed E-state index contributed by atoms with van der Waals surface area (Å²) < 4.78 is 7.02. The van der Waals surface area contributed by atoms with Crippen LogP contribution in [0.5, 0.6) is 0 Å². The lowest BCUT2D eigenvalue weighted by Crippen LogP contribution is -2.18. The van der Waals surface area contributed by atoms with E-state index in [0.29, 0.717) is 0 Å². The number of halogens is 2. The first-order valence-corrected chi connectivity index (χ1v) is 5.79. The third kappa shape index (κ3) is 3.22. The maximum Gasteiger partial charge on any atom is 0.0715 e. The lowest BCUT2D eigenvalue weighted by molar-refractivity contribution is 0.129. The minimum Gasteiger partial charge on any atom is -0.381 e. The molecule has 5 heteroatoms. The fourth-order valence-corrected chi connectivity index (χ4v) is 2.12. The summed E-state index contributed by atoms with van der Waals surface area (Å²) in [6.45, 7) is 2.77. The molecule has 0 aliphatic carbocycles. The summed E-state index contributed by atoms with van der Waals surface area (Å²) >= 11 is 6.85. The molecule has 1 atom stereocenters. The van der Waals surface area contributed by atoms with E-state index < -0.39 is 0 Å². The highest BCUT2D eigenvalue weighted by Gasteiger charge is 2.06. The minimum atomic E-state index is 0.182. The predicted octanol–water partition coefficient (Wildman–Crippen LogP) is 3.05. The van der Waals surface area contributed by atoms with Gasteiger partial charge in [0.05, 0.1) is 20.7 Å². The van der Waals surface area contributed by atoms with E-state index in [9.17, 15) is 0 Å². The Labute approximate surface area is 101 Å². The van der Waals surface area contributed by atoms with Crippen molar-refractivity contribution in [3.05, 3.63) is 21.3 Å². The molecule has 0 amide bonds. The first kappa shape index (κ1) is 11.9. The summed E-state index contributed by atoms with van der Waals surface area (Å²) in [6.07, 6.45) is 3.69. The van der Waals surface area contributed by atoms with E-state index in [1.54, 1.807) is 19.5 Å².